The fourth-order valence-corrected chi connectivity index (χ4v) is 2.40. The number of hydrazine groups is 1. The molecule has 0 aliphatic carbocycles. The van der Waals surface area contributed by atoms with Crippen molar-refractivity contribution in [3.8, 4) is 0 Å². The van der Waals surface area contributed by atoms with Crippen molar-refractivity contribution < 1.29 is 9.90 Å². The highest BCUT2D eigenvalue weighted by atomic mass is 16.3. The van der Waals surface area contributed by atoms with E-state index in [4.69, 9.17) is 10.9 Å². The summed E-state index contributed by atoms with van der Waals surface area (Å²) in [7, 11) is 0. The highest BCUT2D eigenvalue weighted by Crippen LogP contribution is 2.23. The number of carbonyl (C=O) groups is 1. The highest BCUT2D eigenvalue weighted by Gasteiger charge is 2.29. The summed E-state index contributed by atoms with van der Waals surface area (Å²) < 4.78 is 0. The molecule has 1 unspecified atom stereocenters. The molecule has 1 amide bonds. The molecule has 0 saturated carbocycles. The lowest BCUT2D eigenvalue weighted by Gasteiger charge is -2.24. The first-order valence-electron chi connectivity index (χ1n) is 6.48. The van der Waals surface area contributed by atoms with Gasteiger partial charge in [0.2, 0.25) is 0 Å². The number of hydrogen-bond acceptors (Lipinski definition) is 6. The van der Waals surface area contributed by atoms with Crippen molar-refractivity contribution >= 4 is 11.7 Å². The van der Waals surface area contributed by atoms with Crippen molar-refractivity contribution in [1.82, 2.24) is 15.1 Å². The number of nitrogens with zero attached hydrogens (tertiary/aromatic N) is 3. The fourth-order valence-electron chi connectivity index (χ4n) is 2.40. The zero-order valence-electron chi connectivity index (χ0n) is 10.7. The van der Waals surface area contributed by atoms with Crippen LogP contribution in [0.2, 0.25) is 0 Å². The van der Waals surface area contributed by atoms with Crippen LogP contribution >= 0.6 is 0 Å². The number of likely N-dealkylation sites (tertiary alicyclic amines) is 1. The fraction of sp³-hybridized carbons (Fsp3) is 0.583. The molecule has 1 aromatic heterocycles. The Morgan fingerprint density at radius 3 is 3.00 bits per heavy atom. The van der Waals surface area contributed by atoms with E-state index < -0.39 is 0 Å². The van der Waals surface area contributed by atoms with Gasteiger partial charge in [0.1, 0.15) is 0 Å². The van der Waals surface area contributed by atoms with Gasteiger partial charge in [0, 0.05) is 19.2 Å². The molecule has 1 aromatic rings. The predicted octanol–water partition coefficient (Wildman–Crippen LogP) is 0.139. The molecule has 1 fully saturated rings. The average Bonchev–Trinajstić information content (AvgIpc) is 2.92. The van der Waals surface area contributed by atoms with Gasteiger partial charge in [-0.15, -0.1) is 10.2 Å². The first-order chi connectivity index (χ1) is 9.26. The zero-order chi connectivity index (χ0) is 13.7. The van der Waals surface area contributed by atoms with Crippen molar-refractivity contribution in [3.05, 3.63) is 17.8 Å². The maximum Gasteiger partial charge on any atom is 0.274 e. The molecule has 1 atom stereocenters. The van der Waals surface area contributed by atoms with Gasteiger partial charge in [0.25, 0.3) is 5.91 Å². The molecular weight excluding hydrogens is 246 g/mol. The number of rotatable bonds is 5. The molecule has 7 nitrogen and oxygen atoms in total. The van der Waals surface area contributed by atoms with Crippen LogP contribution in [0.15, 0.2) is 12.1 Å². The number of anilines is 1. The first kappa shape index (κ1) is 13.7. The maximum absolute atomic E-state index is 12.3. The molecule has 2 heterocycles. The second-order valence-electron chi connectivity index (χ2n) is 4.61. The summed E-state index contributed by atoms with van der Waals surface area (Å²) in [5.74, 6) is 5.53. The van der Waals surface area contributed by atoms with Crippen molar-refractivity contribution in [2.24, 2.45) is 5.84 Å². The van der Waals surface area contributed by atoms with Crippen molar-refractivity contribution in [2.45, 2.75) is 31.7 Å². The minimum atomic E-state index is -0.100. The summed E-state index contributed by atoms with van der Waals surface area (Å²) in [6.07, 6.45) is 3.54. The van der Waals surface area contributed by atoms with Gasteiger partial charge >= 0.3 is 0 Å². The van der Waals surface area contributed by atoms with E-state index in [0.29, 0.717) is 11.5 Å². The molecule has 4 N–H and O–H groups in total. The van der Waals surface area contributed by atoms with Gasteiger partial charge in [-0.2, -0.15) is 0 Å². The van der Waals surface area contributed by atoms with Gasteiger partial charge in [0.15, 0.2) is 11.5 Å². The summed E-state index contributed by atoms with van der Waals surface area (Å²) >= 11 is 0. The number of carbonyl (C=O) groups excluding carboxylic acids is 1. The molecule has 0 bridgehead atoms. The minimum absolute atomic E-state index is 0.100. The van der Waals surface area contributed by atoms with Gasteiger partial charge in [-0.3, -0.25) is 4.79 Å². The number of aliphatic hydroxyl groups is 1. The van der Waals surface area contributed by atoms with Crippen LogP contribution in [-0.2, 0) is 0 Å². The van der Waals surface area contributed by atoms with Crippen LogP contribution in [0.3, 0.4) is 0 Å². The van der Waals surface area contributed by atoms with Gasteiger partial charge in [-0.1, -0.05) is 0 Å². The van der Waals surface area contributed by atoms with Crippen molar-refractivity contribution in [2.75, 3.05) is 18.6 Å². The van der Waals surface area contributed by atoms with Crippen LogP contribution in [0.5, 0.6) is 0 Å². The van der Waals surface area contributed by atoms with E-state index in [9.17, 15) is 4.79 Å². The molecule has 0 radical (unpaired) electrons. The van der Waals surface area contributed by atoms with Gasteiger partial charge in [-0.05, 0) is 37.8 Å². The Balaban J connectivity index is 2.04. The van der Waals surface area contributed by atoms with Crippen LogP contribution in [0.25, 0.3) is 0 Å². The van der Waals surface area contributed by atoms with Crippen LogP contribution in [0.1, 0.15) is 36.2 Å². The molecule has 7 heteroatoms. The van der Waals surface area contributed by atoms with Crippen LogP contribution in [-0.4, -0.2) is 45.3 Å². The van der Waals surface area contributed by atoms with E-state index in [1.54, 1.807) is 12.1 Å². The topological polar surface area (TPSA) is 104 Å². The molecule has 0 spiro atoms. The van der Waals surface area contributed by atoms with Gasteiger partial charge in [0.05, 0.1) is 0 Å². The normalized spacial score (nSPS) is 18.6. The van der Waals surface area contributed by atoms with Crippen molar-refractivity contribution in [3.63, 3.8) is 0 Å². The molecule has 104 valence electrons. The number of aromatic nitrogens is 2. The molecule has 0 aromatic carbocycles. The summed E-state index contributed by atoms with van der Waals surface area (Å²) in [4.78, 5) is 14.2. The number of aliphatic hydroxyl groups excluding tert-OH is 1. The number of hydrogen-bond donors (Lipinski definition) is 3. The highest BCUT2D eigenvalue weighted by molar-refractivity contribution is 5.92. The zero-order valence-corrected chi connectivity index (χ0v) is 10.7. The first-order valence-corrected chi connectivity index (χ1v) is 6.48. The Hall–Kier alpha value is -1.73. The molecule has 19 heavy (non-hydrogen) atoms. The van der Waals surface area contributed by atoms with E-state index in [1.807, 2.05) is 4.90 Å². The Morgan fingerprint density at radius 2 is 2.37 bits per heavy atom. The van der Waals surface area contributed by atoms with E-state index in [-0.39, 0.29) is 18.6 Å². The second kappa shape index (κ2) is 6.44. The lowest BCUT2D eigenvalue weighted by molar-refractivity contribution is 0.0717. The third-order valence-electron chi connectivity index (χ3n) is 3.37. The van der Waals surface area contributed by atoms with Crippen LogP contribution in [0, 0.1) is 0 Å². The van der Waals surface area contributed by atoms with Gasteiger partial charge in [-0.25, -0.2) is 5.84 Å². The smallest absolute Gasteiger partial charge is 0.274 e. The molecule has 1 aliphatic heterocycles. The Morgan fingerprint density at radius 1 is 1.53 bits per heavy atom. The van der Waals surface area contributed by atoms with E-state index >= 15 is 0 Å². The third kappa shape index (κ3) is 3.18. The summed E-state index contributed by atoms with van der Waals surface area (Å²) in [5, 5.41) is 16.6. The van der Waals surface area contributed by atoms with Crippen molar-refractivity contribution in [1.29, 1.82) is 0 Å². The molecule has 2 rings (SSSR count). The summed E-state index contributed by atoms with van der Waals surface area (Å²) in [6, 6.07) is 3.44. The number of nitrogens with two attached hydrogens (primary N) is 1. The van der Waals surface area contributed by atoms with Crippen LogP contribution < -0.4 is 11.3 Å². The standard InChI is InChI=1S/C12H19N5O2/c13-14-11-6-5-10(15-16-11)12(19)17-7-1-3-9(17)4-2-8-18/h5-6,9,18H,1-4,7-8,13H2,(H,14,16). The quantitative estimate of drug-likeness (QED) is 0.516. The summed E-state index contributed by atoms with van der Waals surface area (Å²) in [6.45, 7) is 0.905. The van der Waals surface area contributed by atoms with E-state index in [2.05, 4.69) is 15.6 Å². The van der Waals surface area contributed by atoms with E-state index in [1.165, 1.54) is 0 Å². The Bertz CT molecular complexity index is 423. The molecule has 1 aliphatic rings. The van der Waals surface area contributed by atoms with Crippen LogP contribution in [0.4, 0.5) is 5.82 Å². The lowest BCUT2D eigenvalue weighted by Crippen LogP contribution is -2.36. The van der Waals surface area contributed by atoms with Gasteiger partial charge < -0.3 is 15.4 Å². The monoisotopic (exact) mass is 265 g/mol. The maximum atomic E-state index is 12.3. The third-order valence-corrected chi connectivity index (χ3v) is 3.37. The Kier molecular flexibility index (Phi) is 4.64. The summed E-state index contributed by atoms with van der Waals surface area (Å²) in [5.41, 5.74) is 2.70. The Labute approximate surface area is 111 Å². The number of nitrogen functional groups attached to an aromatic ring is 1. The largest absolute Gasteiger partial charge is 0.396 e. The number of amides is 1. The minimum Gasteiger partial charge on any atom is -0.396 e. The second-order valence-corrected chi connectivity index (χ2v) is 4.61. The molecule has 1 saturated heterocycles. The molecular formula is C12H19N5O2. The predicted molar refractivity (Wildman–Crippen MR) is 70.2 cm³/mol. The number of nitrogens with one attached hydrogen (secondary N) is 1. The SMILES string of the molecule is NNc1ccc(C(=O)N2CCCC2CCCO)nn1. The average molecular weight is 265 g/mol. The lowest BCUT2D eigenvalue weighted by atomic mass is 10.1. The van der Waals surface area contributed by atoms with E-state index in [0.717, 1.165) is 32.2 Å².